The first-order chi connectivity index (χ1) is 30.6. The van der Waals surface area contributed by atoms with E-state index in [4.69, 9.17) is 11.0 Å². The molecule has 1 unspecified atom stereocenters. The van der Waals surface area contributed by atoms with Crippen LogP contribution in [0.1, 0.15) is 5.56 Å². The van der Waals surface area contributed by atoms with Crippen LogP contribution in [0.3, 0.4) is 0 Å². The third kappa shape index (κ3) is 5.12. The molecule has 0 spiro atoms. The maximum absolute atomic E-state index is 10.3. The lowest BCUT2D eigenvalue weighted by Gasteiger charge is -2.35. The molecule has 0 aliphatic heterocycles. The number of benzene rings is 9. The Morgan fingerprint density at radius 2 is 0.968 bits per heavy atom. The minimum atomic E-state index is -3.21. The molecule has 0 bridgehead atoms. The van der Waals surface area contributed by atoms with Crippen molar-refractivity contribution >= 4 is 100 Å². The Balaban J connectivity index is 1.10. The van der Waals surface area contributed by atoms with Gasteiger partial charge < -0.3 is 13.6 Å². The minimum Gasteiger partial charge on any atom is -0.456 e. The van der Waals surface area contributed by atoms with E-state index < -0.39 is 8.07 Å². The Labute approximate surface area is 358 Å². The summed E-state index contributed by atoms with van der Waals surface area (Å²) in [6.45, 7) is 8.07. The van der Waals surface area contributed by atoms with E-state index in [0.717, 1.165) is 76.1 Å². The van der Waals surface area contributed by atoms with Crippen molar-refractivity contribution in [3.63, 3.8) is 0 Å². The van der Waals surface area contributed by atoms with Gasteiger partial charge in [0.1, 0.15) is 11.2 Å². The molecule has 0 saturated heterocycles. The van der Waals surface area contributed by atoms with Crippen LogP contribution in [0.5, 0.6) is 0 Å². The number of aromatic nitrogens is 2. The Morgan fingerprint density at radius 1 is 0.435 bits per heavy atom. The highest BCUT2D eigenvalue weighted by Gasteiger charge is 2.42. The lowest BCUT2D eigenvalue weighted by molar-refractivity contribution is 0.669. The van der Waals surface area contributed by atoms with Gasteiger partial charge in [-0.05, 0) is 88.4 Å². The van der Waals surface area contributed by atoms with Gasteiger partial charge >= 0.3 is 0 Å². The summed E-state index contributed by atoms with van der Waals surface area (Å²) in [5.41, 5.74) is 9.56. The number of hydrogen-bond donors (Lipinski definition) is 0. The van der Waals surface area contributed by atoms with Gasteiger partial charge in [-0.1, -0.05) is 139 Å². The fourth-order valence-corrected chi connectivity index (χ4v) is 14.9. The molecule has 5 nitrogen and oxygen atoms in total. The molecule has 0 N–H and O–H groups in total. The molecule has 0 saturated carbocycles. The van der Waals surface area contributed by atoms with Gasteiger partial charge in [-0.2, -0.15) is 5.26 Å². The first-order valence-corrected chi connectivity index (χ1v) is 22.7. The van der Waals surface area contributed by atoms with Crippen molar-refractivity contribution in [2.24, 2.45) is 0 Å². The molecule has 12 aromatic rings. The standard InChI is InChI=1S/C56H34N4OSi/c1-58-38-13-11-15-44(35-38)62(43-14-10-12-37(34-43)36-57,41-28-24-39(25-29-41)59-49-20-6-2-16-45(49)46-17-3-7-21-50(46)59)42-30-26-40(27-31-42)60-51-22-8-4-18-47(51)55-52(60)32-33-54-56(55)48-19-5-9-23-53(48)61-54/h2-35H. The van der Waals surface area contributed by atoms with Crippen molar-refractivity contribution in [2.45, 2.75) is 0 Å². The Morgan fingerprint density at radius 3 is 1.60 bits per heavy atom. The quantitative estimate of drug-likeness (QED) is 0.0955. The second-order valence-electron chi connectivity index (χ2n) is 15.9. The molecule has 12 rings (SSSR count). The SMILES string of the molecule is [C-]#[N+]c1cccc([Si](c2ccc(-n3c4ccccc4c4ccccc43)cc2)(c2ccc(-n3c4ccccc4c4c5c(ccc43)oc3ccccc35)cc2)c2cccc(C#N)c2)c1. The second-order valence-corrected chi connectivity index (χ2v) is 19.7. The van der Waals surface area contributed by atoms with Gasteiger partial charge in [-0.3, -0.25) is 0 Å². The van der Waals surface area contributed by atoms with Crippen molar-refractivity contribution in [2.75, 3.05) is 0 Å². The largest absolute Gasteiger partial charge is 0.456 e. The average molecular weight is 807 g/mol. The molecule has 0 fully saturated rings. The molecular weight excluding hydrogens is 773 g/mol. The molecule has 288 valence electrons. The van der Waals surface area contributed by atoms with Crippen molar-refractivity contribution in [1.29, 1.82) is 5.26 Å². The molecule has 3 heterocycles. The van der Waals surface area contributed by atoms with Gasteiger partial charge in [-0.25, -0.2) is 4.85 Å². The molecule has 0 amide bonds. The van der Waals surface area contributed by atoms with Gasteiger partial charge in [0.15, 0.2) is 13.8 Å². The number of nitriles is 1. The van der Waals surface area contributed by atoms with Crippen LogP contribution >= 0.6 is 0 Å². The van der Waals surface area contributed by atoms with Gasteiger partial charge in [0, 0.05) is 43.7 Å². The Kier molecular flexibility index (Phi) is 7.92. The van der Waals surface area contributed by atoms with E-state index in [1.807, 2.05) is 36.4 Å². The normalized spacial score (nSPS) is 12.6. The Bertz CT molecular complexity index is 3730. The number of para-hydroxylation sites is 4. The van der Waals surface area contributed by atoms with Crippen LogP contribution in [-0.2, 0) is 0 Å². The van der Waals surface area contributed by atoms with Crippen LogP contribution in [0.15, 0.2) is 211 Å². The summed E-state index contributed by atoms with van der Waals surface area (Å²) in [5.74, 6) is 0. The van der Waals surface area contributed by atoms with Crippen molar-refractivity contribution in [3.05, 3.63) is 223 Å². The van der Waals surface area contributed by atoms with E-state index in [2.05, 4.69) is 190 Å². The number of hydrogen-bond acceptors (Lipinski definition) is 2. The molecule has 1 atom stereocenters. The Hall–Kier alpha value is -8.42. The van der Waals surface area contributed by atoms with Crippen molar-refractivity contribution in [1.82, 2.24) is 9.13 Å². The van der Waals surface area contributed by atoms with E-state index in [9.17, 15) is 5.26 Å². The monoisotopic (exact) mass is 806 g/mol. The molecule has 62 heavy (non-hydrogen) atoms. The smallest absolute Gasteiger partial charge is 0.187 e. The van der Waals surface area contributed by atoms with Crippen LogP contribution in [0, 0.1) is 17.9 Å². The predicted octanol–water partition coefficient (Wildman–Crippen LogP) is 11.6. The molecule has 6 heteroatoms. The van der Waals surface area contributed by atoms with E-state index in [-0.39, 0.29) is 0 Å². The van der Waals surface area contributed by atoms with Crippen LogP contribution in [-0.4, -0.2) is 17.2 Å². The molecule has 9 aromatic carbocycles. The molecule has 0 aliphatic carbocycles. The topological polar surface area (TPSA) is 51.1 Å². The molecule has 0 radical (unpaired) electrons. The third-order valence-electron chi connectivity index (χ3n) is 12.7. The first kappa shape index (κ1) is 35.5. The minimum absolute atomic E-state index is 0.581. The van der Waals surface area contributed by atoms with Gasteiger partial charge in [0.2, 0.25) is 0 Å². The van der Waals surface area contributed by atoms with Gasteiger partial charge in [0.05, 0.1) is 40.3 Å². The zero-order chi connectivity index (χ0) is 41.4. The van der Waals surface area contributed by atoms with Crippen LogP contribution in [0.4, 0.5) is 5.69 Å². The summed E-state index contributed by atoms with van der Waals surface area (Å²) in [7, 11) is -3.21. The summed E-state index contributed by atoms with van der Waals surface area (Å²) < 4.78 is 11.1. The third-order valence-corrected chi connectivity index (χ3v) is 17.5. The fourth-order valence-electron chi connectivity index (χ4n) is 10.1. The highest BCUT2D eigenvalue weighted by atomic mass is 28.3. The lowest BCUT2D eigenvalue weighted by Crippen LogP contribution is -2.74. The summed E-state index contributed by atoms with van der Waals surface area (Å²) in [6, 6.07) is 74.9. The van der Waals surface area contributed by atoms with Gasteiger partial charge in [-0.15, -0.1) is 0 Å². The second kappa shape index (κ2) is 13.8. The zero-order valence-corrected chi connectivity index (χ0v) is 34.3. The van der Waals surface area contributed by atoms with E-state index in [0.29, 0.717) is 11.3 Å². The maximum Gasteiger partial charge on any atom is 0.187 e. The van der Waals surface area contributed by atoms with E-state index >= 15 is 0 Å². The van der Waals surface area contributed by atoms with Crippen LogP contribution < -0.4 is 20.7 Å². The average Bonchev–Trinajstić information content (AvgIpc) is 4.00. The number of rotatable bonds is 6. The van der Waals surface area contributed by atoms with Crippen molar-refractivity contribution in [3.8, 4) is 17.4 Å². The maximum atomic E-state index is 10.3. The number of fused-ring (bicyclic) bond motifs is 10. The zero-order valence-electron chi connectivity index (χ0n) is 33.3. The first-order valence-electron chi connectivity index (χ1n) is 20.7. The fraction of sp³-hybridized carbons (Fsp3) is 0. The lowest BCUT2D eigenvalue weighted by atomic mass is 10.1. The highest BCUT2D eigenvalue weighted by Crippen LogP contribution is 2.41. The summed E-state index contributed by atoms with van der Waals surface area (Å²) in [5, 5.41) is 21.7. The van der Waals surface area contributed by atoms with E-state index in [1.54, 1.807) is 0 Å². The van der Waals surface area contributed by atoms with Crippen LogP contribution in [0.2, 0.25) is 0 Å². The predicted molar refractivity (Wildman–Crippen MR) is 257 cm³/mol. The number of nitrogens with zero attached hydrogens (tertiary/aromatic N) is 4. The number of furan rings is 1. The molecule has 0 aliphatic rings. The van der Waals surface area contributed by atoms with Crippen molar-refractivity contribution < 1.29 is 4.42 Å². The molecule has 3 aromatic heterocycles. The summed E-state index contributed by atoms with van der Waals surface area (Å²) >= 11 is 0. The highest BCUT2D eigenvalue weighted by molar-refractivity contribution is 7.20. The van der Waals surface area contributed by atoms with Gasteiger partial charge in [0.25, 0.3) is 0 Å². The van der Waals surface area contributed by atoms with Crippen LogP contribution in [0.25, 0.3) is 81.8 Å². The summed E-state index contributed by atoms with van der Waals surface area (Å²) in [4.78, 5) is 3.91. The van der Waals surface area contributed by atoms with E-state index in [1.165, 1.54) is 21.5 Å². The summed E-state index contributed by atoms with van der Waals surface area (Å²) in [6.07, 6.45) is 0. The molecular formula is C56H34N4OSi.